The number of amides is 1. The molecule has 0 unspecified atom stereocenters. The quantitative estimate of drug-likeness (QED) is 0.716. The fraction of sp³-hybridized carbons (Fsp3) is 0.381. The van der Waals surface area contributed by atoms with Crippen LogP contribution in [-0.2, 0) is 14.8 Å². The molecule has 0 aliphatic carbocycles. The molecule has 0 aliphatic heterocycles. The Labute approximate surface area is 172 Å². The summed E-state index contributed by atoms with van der Waals surface area (Å²) in [4.78, 5) is 12.8. The average Bonchev–Trinajstić information content (AvgIpc) is 2.62. The summed E-state index contributed by atoms with van der Waals surface area (Å²) >= 11 is 6.22. The molecule has 7 heteroatoms. The lowest BCUT2D eigenvalue weighted by Crippen LogP contribution is -2.48. The Bertz CT molecular complexity index is 954. The zero-order chi connectivity index (χ0) is 21.1. The summed E-state index contributed by atoms with van der Waals surface area (Å²) in [6, 6.07) is 11.6. The molecule has 28 heavy (non-hydrogen) atoms. The summed E-state index contributed by atoms with van der Waals surface area (Å²) < 4.78 is 27.9. The van der Waals surface area contributed by atoms with E-state index in [1.54, 1.807) is 49.4 Å². The van der Waals surface area contributed by atoms with Crippen molar-refractivity contribution in [2.75, 3.05) is 10.8 Å². The standard InChI is InChI=1S/C21H27ClN2O3S/c1-6-21(4,5)23-20(25)14-24(19-9-7-8-18(22)16(19)3)28(26,27)17-12-10-15(2)11-13-17/h7-13H,6,14H2,1-5H3,(H,23,25). The maximum absolute atomic E-state index is 13.4. The minimum Gasteiger partial charge on any atom is -0.350 e. The molecule has 0 fully saturated rings. The molecule has 0 radical (unpaired) electrons. The number of nitrogens with zero attached hydrogens (tertiary/aromatic N) is 1. The van der Waals surface area contributed by atoms with E-state index >= 15 is 0 Å². The Hall–Kier alpha value is -2.05. The van der Waals surface area contributed by atoms with Crippen LogP contribution in [0.25, 0.3) is 0 Å². The summed E-state index contributed by atoms with van der Waals surface area (Å²) in [5, 5.41) is 3.34. The first-order valence-electron chi connectivity index (χ1n) is 9.13. The van der Waals surface area contributed by atoms with Crippen molar-refractivity contribution in [3.63, 3.8) is 0 Å². The predicted octanol–water partition coefficient (Wildman–Crippen LogP) is 4.46. The van der Waals surface area contributed by atoms with Gasteiger partial charge in [-0.1, -0.05) is 42.3 Å². The monoisotopic (exact) mass is 422 g/mol. The van der Waals surface area contributed by atoms with E-state index in [2.05, 4.69) is 5.32 Å². The number of benzene rings is 2. The van der Waals surface area contributed by atoms with E-state index in [1.807, 2.05) is 27.7 Å². The molecule has 1 amide bonds. The Balaban J connectivity index is 2.51. The molecule has 0 spiro atoms. The van der Waals surface area contributed by atoms with Crippen LogP contribution in [0.5, 0.6) is 0 Å². The zero-order valence-corrected chi connectivity index (χ0v) is 18.5. The van der Waals surface area contributed by atoms with Crippen LogP contribution in [0.15, 0.2) is 47.4 Å². The molecule has 2 aromatic carbocycles. The van der Waals surface area contributed by atoms with Crippen molar-refractivity contribution < 1.29 is 13.2 Å². The first-order chi connectivity index (χ1) is 13.0. The largest absolute Gasteiger partial charge is 0.350 e. The number of anilines is 1. The molecule has 0 saturated heterocycles. The van der Waals surface area contributed by atoms with Gasteiger partial charge in [0, 0.05) is 10.6 Å². The maximum Gasteiger partial charge on any atom is 0.264 e. The first kappa shape index (κ1) is 22.2. The van der Waals surface area contributed by atoms with E-state index in [-0.39, 0.29) is 17.3 Å². The molecule has 5 nitrogen and oxygen atoms in total. The van der Waals surface area contributed by atoms with Crippen LogP contribution in [0.1, 0.15) is 38.3 Å². The van der Waals surface area contributed by atoms with Crippen LogP contribution < -0.4 is 9.62 Å². The van der Waals surface area contributed by atoms with Gasteiger partial charge in [0.2, 0.25) is 5.91 Å². The van der Waals surface area contributed by atoms with Gasteiger partial charge in [-0.25, -0.2) is 8.42 Å². The lowest BCUT2D eigenvalue weighted by molar-refractivity contribution is -0.121. The second-order valence-electron chi connectivity index (χ2n) is 7.49. The second-order valence-corrected chi connectivity index (χ2v) is 9.76. The average molecular weight is 423 g/mol. The van der Waals surface area contributed by atoms with Crippen LogP contribution >= 0.6 is 11.6 Å². The molecular formula is C21H27ClN2O3S. The van der Waals surface area contributed by atoms with Gasteiger partial charge in [0.05, 0.1) is 10.6 Å². The molecule has 1 N–H and O–H groups in total. The normalized spacial score (nSPS) is 11.9. The van der Waals surface area contributed by atoms with Crippen molar-refractivity contribution in [1.82, 2.24) is 5.32 Å². The first-order valence-corrected chi connectivity index (χ1v) is 11.0. The van der Waals surface area contributed by atoms with Gasteiger partial charge in [-0.05, 0) is 63.9 Å². The number of nitrogens with one attached hydrogen (secondary N) is 1. The highest BCUT2D eigenvalue weighted by atomic mass is 35.5. The maximum atomic E-state index is 13.4. The minimum atomic E-state index is -3.95. The highest BCUT2D eigenvalue weighted by Crippen LogP contribution is 2.31. The van der Waals surface area contributed by atoms with Crippen LogP contribution in [0.4, 0.5) is 5.69 Å². The number of sulfonamides is 1. The van der Waals surface area contributed by atoms with Gasteiger partial charge in [0.1, 0.15) is 6.54 Å². The van der Waals surface area contributed by atoms with E-state index in [1.165, 1.54) is 0 Å². The van der Waals surface area contributed by atoms with Gasteiger partial charge in [-0.15, -0.1) is 0 Å². The van der Waals surface area contributed by atoms with Gasteiger partial charge < -0.3 is 5.32 Å². The number of carbonyl (C=O) groups is 1. The fourth-order valence-corrected chi connectivity index (χ4v) is 4.29. The Morgan fingerprint density at radius 1 is 1.11 bits per heavy atom. The van der Waals surface area contributed by atoms with Crippen molar-refractivity contribution in [2.45, 2.75) is 51.5 Å². The molecule has 152 valence electrons. The lowest BCUT2D eigenvalue weighted by Gasteiger charge is -2.29. The van der Waals surface area contributed by atoms with E-state index in [0.717, 1.165) is 16.3 Å². The third-order valence-corrected chi connectivity index (χ3v) is 6.95. The van der Waals surface area contributed by atoms with Crippen molar-refractivity contribution in [1.29, 1.82) is 0 Å². The van der Waals surface area contributed by atoms with Crippen molar-refractivity contribution >= 4 is 33.2 Å². The third kappa shape index (κ3) is 5.06. The Kier molecular flexibility index (Phi) is 6.78. The number of carbonyl (C=O) groups excluding carboxylic acids is 1. The summed E-state index contributed by atoms with van der Waals surface area (Å²) in [6.45, 7) is 9.05. The molecule has 0 heterocycles. The molecular weight excluding hydrogens is 396 g/mol. The predicted molar refractivity (Wildman–Crippen MR) is 114 cm³/mol. The highest BCUT2D eigenvalue weighted by Gasteiger charge is 2.30. The molecule has 2 aromatic rings. The Morgan fingerprint density at radius 2 is 1.71 bits per heavy atom. The molecule has 0 aromatic heterocycles. The number of hydrogen-bond acceptors (Lipinski definition) is 3. The Morgan fingerprint density at radius 3 is 2.29 bits per heavy atom. The molecule has 0 saturated carbocycles. The van der Waals surface area contributed by atoms with Crippen molar-refractivity contribution in [3.05, 3.63) is 58.6 Å². The second kappa shape index (κ2) is 8.53. The molecule has 0 bridgehead atoms. The van der Waals surface area contributed by atoms with Gasteiger partial charge in [-0.3, -0.25) is 9.10 Å². The van der Waals surface area contributed by atoms with Gasteiger partial charge in [-0.2, -0.15) is 0 Å². The molecule has 0 atom stereocenters. The number of hydrogen-bond donors (Lipinski definition) is 1. The van der Waals surface area contributed by atoms with Gasteiger partial charge >= 0.3 is 0 Å². The minimum absolute atomic E-state index is 0.125. The zero-order valence-electron chi connectivity index (χ0n) is 16.9. The van der Waals surface area contributed by atoms with Crippen molar-refractivity contribution in [2.24, 2.45) is 0 Å². The highest BCUT2D eigenvalue weighted by molar-refractivity contribution is 7.92. The summed E-state index contributed by atoms with van der Waals surface area (Å²) in [7, 11) is -3.95. The van der Waals surface area contributed by atoms with Crippen LogP contribution in [0.2, 0.25) is 5.02 Å². The summed E-state index contributed by atoms with van der Waals surface area (Å²) in [6.07, 6.45) is 0.722. The van der Waals surface area contributed by atoms with Gasteiger partial charge in [0.25, 0.3) is 10.0 Å². The number of rotatable bonds is 7. The molecule has 0 aliphatic rings. The van der Waals surface area contributed by atoms with Crippen LogP contribution in [0.3, 0.4) is 0 Å². The van der Waals surface area contributed by atoms with Crippen molar-refractivity contribution in [3.8, 4) is 0 Å². The number of halogens is 1. The fourth-order valence-electron chi connectivity index (χ4n) is 2.64. The van der Waals surface area contributed by atoms with Gasteiger partial charge in [0.15, 0.2) is 0 Å². The smallest absolute Gasteiger partial charge is 0.264 e. The van der Waals surface area contributed by atoms with E-state index in [9.17, 15) is 13.2 Å². The van der Waals surface area contributed by atoms with Crippen LogP contribution in [0, 0.1) is 13.8 Å². The number of aryl methyl sites for hydroxylation is 1. The summed E-state index contributed by atoms with van der Waals surface area (Å²) in [5.74, 6) is -0.373. The van der Waals surface area contributed by atoms with E-state index < -0.39 is 15.6 Å². The lowest BCUT2D eigenvalue weighted by atomic mass is 10.0. The van der Waals surface area contributed by atoms with E-state index in [4.69, 9.17) is 11.6 Å². The summed E-state index contributed by atoms with van der Waals surface area (Å²) in [5.41, 5.74) is 1.51. The SMILES string of the molecule is CCC(C)(C)NC(=O)CN(c1cccc(Cl)c1C)S(=O)(=O)c1ccc(C)cc1. The molecule has 2 rings (SSSR count). The van der Waals surface area contributed by atoms with E-state index in [0.29, 0.717) is 16.3 Å². The third-order valence-electron chi connectivity index (χ3n) is 4.77. The van der Waals surface area contributed by atoms with Crippen LogP contribution in [-0.4, -0.2) is 26.4 Å². The topological polar surface area (TPSA) is 66.5 Å².